The molecule has 0 radical (unpaired) electrons. The highest BCUT2D eigenvalue weighted by atomic mass is 16.3. The number of aryl methyl sites for hydroxylation is 1. The summed E-state index contributed by atoms with van der Waals surface area (Å²) in [5.74, 6) is -0.0729. The van der Waals surface area contributed by atoms with E-state index >= 15 is 0 Å². The van der Waals surface area contributed by atoms with Gasteiger partial charge in [0, 0.05) is 46.4 Å². The van der Waals surface area contributed by atoms with E-state index in [0.717, 1.165) is 105 Å². The maximum atomic E-state index is 12.7. The Kier molecular flexibility index (Phi) is 9.51. The van der Waals surface area contributed by atoms with Crippen molar-refractivity contribution in [1.82, 2.24) is 9.97 Å². The lowest BCUT2D eigenvalue weighted by atomic mass is 9.86. The molecule has 8 aromatic carbocycles. The first kappa shape index (κ1) is 36.6. The van der Waals surface area contributed by atoms with Crippen LogP contribution in [0.1, 0.15) is 18.9 Å². The van der Waals surface area contributed by atoms with E-state index in [1.165, 1.54) is 13.0 Å². The summed E-state index contributed by atoms with van der Waals surface area (Å²) in [7, 11) is 0. The lowest BCUT2D eigenvalue weighted by Gasteiger charge is -2.18. The fraction of sp³-hybridized carbons (Fsp3) is 0.0536. The molecule has 0 aliphatic carbocycles. The van der Waals surface area contributed by atoms with Gasteiger partial charge in [-0.15, -0.1) is 0 Å². The van der Waals surface area contributed by atoms with Crippen LogP contribution in [0.25, 0.3) is 99.0 Å². The van der Waals surface area contributed by atoms with Gasteiger partial charge in [-0.1, -0.05) is 133 Å². The Hall–Kier alpha value is -7.69. The lowest BCUT2D eigenvalue weighted by molar-refractivity contribution is -0.114. The van der Waals surface area contributed by atoms with Crippen LogP contribution >= 0.6 is 0 Å². The summed E-state index contributed by atoms with van der Waals surface area (Å²) in [4.78, 5) is 22.2. The highest BCUT2D eigenvalue weighted by Gasteiger charge is 2.17. The first-order valence-corrected chi connectivity index (χ1v) is 20.3. The largest absolute Gasteiger partial charge is 0.512 e. The van der Waals surface area contributed by atoms with Gasteiger partial charge in [-0.3, -0.25) is 14.8 Å². The molecule has 1 N–H and O–H groups in total. The van der Waals surface area contributed by atoms with Crippen molar-refractivity contribution in [1.29, 1.82) is 0 Å². The molecule has 10 rings (SSSR count). The van der Waals surface area contributed by atoms with Gasteiger partial charge in [-0.25, -0.2) is 0 Å². The molecule has 0 amide bonds. The molecule has 2 heterocycles. The third-order valence-electron chi connectivity index (χ3n) is 11.5. The number of hydrogen-bond donors (Lipinski definition) is 1. The molecule has 0 unspecified atom stereocenters. The summed E-state index contributed by atoms with van der Waals surface area (Å²) >= 11 is 0. The van der Waals surface area contributed by atoms with Crippen LogP contribution in [0, 0.1) is 0 Å². The summed E-state index contributed by atoms with van der Waals surface area (Å²) in [5.41, 5.74) is 14.2. The minimum Gasteiger partial charge on any atom is -0.512 e. The Morgan fingerprint density at radius 2 is 0.900 bits per heavy atom. The average molecular weight is 773 g/mol. The molecule has 0 aliphatic heterocycles. The average Bonchev–Trinajstić information content (AvgIpc) is 3.30. The fourth-order valence-corrected chi connectivity index (χ4v) is 8.73. The van der Waals surface area contributed by atoms with Crippen molar-refractivity contribution in [3.63, 3.8) is 0 Å². The SMILES string of the molecule is CC(O)=CC(=O)CCc1ccccc1-c1cc(-c2ccccc2-c2ccc3c(ccc4cccnc43)c2)cc(-c2ccccc2-c2ccc3c(ccc4cccnc43)c2)c1. The number of hydrogen-bond acceptors (Lipinski definition) is 4. The molecule has 286 valence electrons. The van der Waals surface area contributed by atoms with Gasteiger partial charge in [0.15, 0.2) is 5.78 Å². The van der Waals surface area contributed by atoms with E-state index < -0.39 is 0 Å². The number of carbonyl (C=O) groups excluding carboxylic acids is 1. The van der Waals surface area contributed by atoms with Gasteiger partial charge >= 0.3 is 0 Å². The first-order chi connectivity index (χ1) is 29.5. The summed E-state index contributed by atoms with van der Waals surface area (Å²) in [6.07, 6.45) is 5.87. The third-order valence-corrected chi connectivity index (χ3v) is 11.5. The van der Waals surface area contributed by atoms with Gasteiger partial charge in [-0.05, 0) is 128 Å². The van der Waals surface area contributed by atoms with E-state index in [2.05, 4.69) is 158 Å². The van der Waals surface area contributed by atoms with Crippen molar-refractivity contribution in [3.05, 3.63) is 206 Å². The van der Waals surface area contributed by atoms with Crippen LogP contribution in [0.15, 0.2) is 200 Å². The van der Waals surface area contributed by atoms with Crippen molar-refractivity contribution < 1.29 is 9.90 Å². The predicted molar refractivity (Wildman–Crippen MR) is 249 cm³/mol. The Morgan fingerprint density at radius 3 is 1.40 bits per heavy atom. The molecule has 10 aromatic rings. The molecule has 0 saturated carbocycles. The maximum absolute atomic E-state index is 12.7. The highest BCUT2D eigenvalue weighted by molar-refractivity contribution is 6.08. The third kappa shape index (κ3) is 6.99. The summed E-state index contributed by atoms with van der Waals surface area (Å²) in [6.45, 7) is 1.53. The van der Waals surface area contributed by atoms with E-state index in [4.69, 9.17) is 9.97 Å². The molecule has 4 nitrogen and oxygen atoms in total. The summed E-state index contributed by atoms with van der Waals surface area (Å²) in [6, 6.07) is 62.7. The van der Waals surface area contributed by atoms with Crippen molar-refractivity contribution in [2.75, 3.05) is 0 Å². The van der Waals surface area contributed by atoms with E-state index in [-0.39, 0.29) is 11.5 Å². The zero-order valence-electron chi connectivity index (χ0n) is 33.1. The number of aliphatic hydroxyl groups excluding tert-OH is 1. The number of benzene rings is 8. The lowest BCUT2D eigenvalue weighted by Crippen LogP contribution is -1.99. The van der Waals surface area contributed by atoms with Gasteiger partial charge in [0.25, 0.3) is 0 Å². The van der Waals surface area contributed by atoms with Gasteiger partial charge in [0.2, 0.25) is 0 Å². The van der Waals surface area contributed by atoms with Crippen LogP contribution in [0.3, 0.4) is 0 Å². The molecule has 0 aliphatic rings. The molecular formula is C56H40N2O2. The quantitative estimate of drug-likeness (QED) is 0.0901. The minimum absolute atomic E-state index is 0.0239. The standard InChI is InChI=1S/C56H40N2O2/c1-36(59)30-47(60)25-22-37-10-2-3-13-48(37)44-33-45(51-16-6-4-14-49(51)40-23-26-53-42(31-40)20-18-38-11-8-28-57-55(38)53)35-46(34-44)52-17-7-5-15-50(52)41-24-27-54-43(32-41)21-19-39-12-9-29-58-56(39)54/h2-21,23-24,26-35,59H,22,25H2,1H3. The second kappa shape index (κ2) is 15.6. The molecule has 60 heavy (non-hydrogen) atoms. The van der Waals surface area contributed by atoms with Crippen LogP contribution in [-0.4, -0.2) is 20.9 Å². The van der Waals surface area contributed by atoms with E-state index in [9.17, 15) is 9.90 Å². The second-order valence-electron chi connectivity index (χ2n) is 15.5. The number of aromatic nitrogens is 2. The van der Waals surface area contributed by atoms with Crippen molar-refractivity contribution in [2.24, 2.45) is 0 Å². The molecule has 0 fully saturated rings. The summed E-state index contributed by atoms with van der Waals surface area (Å²) in [5, 5.41) is 16.6. The maximum Gasteiger partial charge on any atom is 0.159 e. The Labute approximate surface area is 348 Å². The second-order valence-corrected chi connectivity index (χ2v) is 15.5. The number of nitrogens with zero attached hydrogens (tertiary/aromatic N) is 2. The molecule has 0 bridgehead atoms. The number of ketones is 1. The van der Waals surface area contributed by atoms with Gasteiger partial charge in [0.1, 0.15) is 0 Å². The number of allylic oxidation sites excluding steroid dienone is 2. The van der Waals surface area contributed by atoms with E-state index in [1.54, 1.807) is 0 Å². The van der Waals surface area contributed by atoms with Crippen LogP contribution in [0.2, 0.25) is 0 Å². The monoisotopic (exact) mass is 772 g/mol. The molecule has 0 atom stereocenters. The normalized spacial score (nSPS) is 11.8. The predicted octanol–water partition coefficient (Wildman–Crippen LogP) is 14.4. The molecule has 2 aromatic heterocycles. The molecule has 0 spiro atoms. The summed E-state index contributed by atoms with van der Waals surface area (Å²) < 4.78 is 0. The number of carbonyl (C=O) groups is 1. The van der Waals surface area contributed by atoms with Gasteiger partial charge < -0.3 is 5.11 Å². The smallest absolute Gasteiger partial charge is 0.159 e. The van der Waals surface area contributed by atoms with Crippen LogP contribution < -0.4 is 0 Å². The molecule has 4 heteroatoms. The number of fused-ring (bicyclic) bond motifs is 6. The topological polar surface area (TPSA) is 63.1 Å². The Balaban J connectivity index is 1.14. The van der Waals surface area contributed by atoms with Crippen molar-refractivity contribution in [3.8, 4) is 55.6 Å². The fourth-order valence-electron chi connectivity index (χ4n) is 8.73. The zero-order valence-corrected chi connectivity index (χ0v) is 33.1. The highest BCUT2D eigenvalue weighted by Crippen LogP contribution is 2.42. The molecule has 0 saturated heterocycles. The van der Waals surface area contributed by atoms with Gasteiger partial charge in [0.05, 0.1) is 16.8 Å². The minimum atomic E-state index is -0.0968. The number of rotatable bonds is 9. The van der Waals surface area contributed by atoms with Crippen molar-refractivity contribution >= 4 is 49.1 Å². The molecular weight excluding hydrogens is 733 g/mol. The number of aliphatic hydroxyl groups is 1. The van der Waals surface area contributed by atoms with Crippen molar-refractivity contribution in [2.45, 2.75) is 19.8 Å². The first-order valence-electron chi connectivity index (χ1n) is 20.3. The van der Waals surface area contributed by atoms with Crippen LogP contribution in [-0.2, 0) is 11.2 Å². The van der Waals surface area contributed by atoms with E-state index in [1.807, 2.05) is 30.6 Å². The Bertz CT molecular complexity index is 3140. The van der Waals surface area contributed by atoms with Crippen LogP contribution in [0.4, 0.5) is 0 Å². The van der Waals surface area contributed by atoms with Gasteiger partial charge in [-0.2, -0.15) is 0 Å². The van der Waals surface area contributed by atoms with E-state index in [0.29, 0.717) is 12.8 Å². The zero-order chi connectivity index (χ0) is 40.6. The Morgan fingerprint density at radius 1 is 0.467 bits per heavy atom. The van der Waals surface area contributed by atoms with Crippen LogP contribution in [0.5, 0.6) is 0 Å². The number of pyridine rings is 2.